The van der Waals surface area contributed by atoms with Crippen molar-refractivity contribution >= 4 is 0 Å². The summed E-state index contributed by atoms with van der Waals surface area (Å²) in [6.07, 6.45) is 5.25. The van der Waals surface area contributed by atoms with Gasteiger partial charge in [0, 0.05) is 31.8 Å². The molecule has 2 aliphatic rings. The third kappa shape index (κ3) is 3.67. The van der Waals surface area contributed by atoms with Crippen LogP contribution in [0.2, 0.25) is 0 Å². The standard InChI is InChI=1S/C14H28N2O/c1-11(2)9-16(13-5-6-13)14(8-15)12-4-3-7-17-10-12/h11-14H,3-10,15H2,1-2H3. The summed E-state index contributed by atoms with van der Waals surface area (Å²) in [6, 6.07) is 1.36. The summed E-state index contributed by atoms with van der Waals surface area (Å²) >= 11 is 0. The minimum atomic E-state index is 0.546. The second-order valence-electron chi connectivity index (χ2n) is 6.10. The molecule has 0 aromatic rings. The van der Waals surface area contributed by atoms with Gasteiger partial charge in [-0.25, -0.2) is 0 Å². The molecule has 2 atom stereocenters. The van der Waals surface area contributed by atoms with Crippen LogP contribution in [-0.2, 0) is 4.74 Å². The Bertz CT molecular complexity index is 222. The van der Waals surface area contributed by atoms with Crippen molar-refractivity contribution in [2.75, 3.05) is 26.3 Å². The number of nitrogens with zero attached hydrogens (tertiary/aromatic N) is 1. The summed E-state index contributed by atoms with van der Waals surface area (Å²) in [7, 11) is 0. The average Bonchev–Trinajstić information content (AvgIpc) is 3.13. The van der Waals surface area contributed by atoms with Gasteiger partial charge >= 0.3 is 0 Å². The normalized spacial score (nSPS) is 27.7. The van der Waals surface area contributed by atoms with E-state index >= 15 is 0 Å². The second kappa shape index (κ2) is 6.17. The first-order chi connectivity index (χ1) is 8.22. The Morgan fingerprint density at radius 3 is 2.53 bits per heavy atom. The van der Waals surface area contributed by atoms with Crippen LogP contribution in [0.3, 0.4) is 0 Å². The van der Waals surface area contributed by atoms with Crippen LogP contribution in [-0.4, -0.2) is 43.3 Å². The zero-order valence-corrected chi connectivity index (χ0v) is 11.4. The smallest absolute Gasteiger partial charge is 0.0509 e. The summed E-state index contributed by atoms with van der Waals surface area (Å²) in [4.78, 5) is 2.68. The Labute approximate surface area is 106 Å². The molecular weight excluding hydrogens is 212 g/mol. The molecule has 3 heteroatoms. The Morgan fingerprint density at radius 1 is 1.29 bits per heavy atom. The molecule has 1 aliphatic carbocycles. The van der Waals surface area contributed by atoms with Crippen molar-refractivity contribution in [2.24, 2.45) is 17.6 Å². The van der Waals surface area contributed by atoms with Crippen LogP contribution in [0.5, 0.6) is 0 Å². The first-order valence-electron chi connectivity index (χ1n) is 7.26. The number of hydrogen-bond donors (Lipinski definition) is 1. The summed E-state index contributed by atoms with van der Waals surface area (Å²) in [5, 5.41) is 0. The highest BCUT2D eigenvalue weighted by Crippen LogP contribution is 2.33. The van der Waals surface area contributed by atoms with Gasteiger partial charge in [0.15, 0.2) is 0 Å². The van der Waals surface area contributed by atoms with E-state index in [9.17, 15) is 0 Å². The lowest BCUT2D eigenvalue weighted by Crippen LogP contribution is -2.50. The topological polar surface area (TPSA) is 38.5 Å². The first kappa shape index (κ1) is 13.3. The predicted molar refractivity (Wildman–Crippen MR) is 71.0 cm³/mol. The number of nitrogens with two attached hydrogens (primary N) is 1. The van der Waals surface area contributed by atoms with E-state index in [1.54, 1.807) is 0 Å². The van der Waals surface area contributed by atoms with Gasteiger partial charge in [-0.2, -0.15) is 0 Å². The van der Waals surface area contributed by atoms with Crippen LogP contribution in [0.4, 0.5) is 0 Å². The molecule has 1 aliphatic heterocycles. The van der Waals surface area contributed by atoms with Crippen molar-refractivity contribution in [2.45, 2.75) is 51.6 Å². The molecule has 2 unspecified atom stereocenters. The molecular formula is C14H28N2O. The Kier molecular flexibility index (Phi) is 4.83. The minimum Gasteiger partial charge on any atom is -0.381 e. The van der Waals surface area contributed by atoms with Crippen molar-refractivity contribution < 1.29 is 4.74 Å². The van der Waals surface area contributed by atoms with E-state index < -0.39 is 0 Å². The van der Waals surface area contributed by atoms with Crippen LogP contribution in [0.1, 0.15) is 39.5 Å². The van der Waals surface area contributed by atoms with Gasteiger partial charge in [0.1, 0.15) is 0 Å². The van der Waals surface area contributed by atoms with E-state index in [0.717, 1.165) is 31.7 Å². The van der Waals surface area contributed by atoms with Crippen molar-refractivity contribution in [3.63, 3.8) is 0 Å². The van der Waals surface area contributed by atoms with Gasteiger partial charge in [-0.15, -0.1) is 0 Å². The van der Waals surface area contributed by atoms with Crippen LogP contribution in [0, 0.1) is 11.8 Å². The Balaban J connectivity index is 1.96. The number of hydrogen-bond acceptors (Lipinski definition) is 3. The molecule has 0 amide bonds. The molecule has 17 heavy (non-hydrogen) atoms. The van der Waals surface area contributed by atoms with Gasteiger partial charge in [-0.1, -0.05) is 13.8 Å². The Hall–Kier alpha value is -0.120. The molecule has 0 aromatic heterocycles. The number of ether oxygens (including phenoxy) is 1. The SMILES string of the molecule is CC(C)CN(C1CC1)C(CN)C1CCCOC1. The molecule has 2 N–H and O–H groups in total. The predicted octanol–water partition coefficient (Wildman–Crippen LogP) is 1.86. The average molecular weight is 240 g/mol. The lowest BCUT2D eigenvalue weighted by atomic mass is 9.91. The third-order valence-electron chi connectivity index (χ3n) is 4.00. The van der Waals surface area contributed by atoms with Crippen LogP contribution in [0.25, 0.3) is 0 Å². The van der Waals surface area contributed by atoms with E-state index in [1.165, 1.54) is 32.2 Å². The number of rotatable bonds is 6. The molecule has 0 aromatic carbocycles. The fraction of sp³-hybridized carbons (Fsp3) is 1.00. The maximum Gasteiger partial charge on any atom is 0.0509 e. The van der Waals surface area contributed by atoms with Crippen molar-refractivity contribution in [1.29, 1.82) is 0 Å². The van der Waals surface area contributed by atoms with E-state index in [4.69, 9.17) is 10.5 Å². The van der Waals surface area contributed by atoms with Crippen LogP contribution in [0.15, 0.2) is 0 Å². The molecule has 2 fully saturated rings. The third-order valence-corrected chi connectivity index (χ3v) is 4.00. The lowest BCUT2D eigenvalue weighted by molar-refractivity contribution is 0.00585. The molecule has 1 heterocycles. The quantitative estimate of drug-likeness (QED) is 0.770. The monoisotopic (exact) mass is 240 g/mol. The highest BCUT2D eigenvalue weighted by Gasteiger charge is 2.37. The molecule has 2 rings (SSSR count). The molecule has 3 nitrogen and oxygen atoms in total. The van der Waals surface area contributed by atoms with Crippen molar-refractivity contribution in [1.82, 2.24) is 4.90 Å². The summed E-state index contributed by atoms with van der Waals surface area (Å²) in [5.41, 5.74) is 6.05. The zero-order chi connectivity index (χ0) is 12.3. The van der Waals surface area contributed by atoms with Crippen LogP contribution >= 0.6 is 0 Å². The molecule has 0 bridgehead atoms. The summed E-state index contributed by atoms with van der Waals surface area (Å²) in [6.45, 7) is 8.46. The summed E-state index contributed by atoms with van der Waals surface area (Å²) < 4.78 is 5.64. The fourth-order valence-corrected chi connectivity index (χ4v) is 3.05. The van der Waals surface area contributed by atoms with E-state index in [0.29, 0.717) is 12.0 Å². The minimum absolute atomic E-state index is 0.546. The highest BCUT2D eigenvalue weighted by molar-refractivity contribution is 4.92. The fourth-order valence-electron chi connectivity index (χ4n) is 3.05. The van der Waals surface area contributed by atoms with E-state index in [2.05, 4.69) is 18.7 Å². The van der Waals surface area contributed by atoms with Gasteiger partial charge in [-0.05, 0) is 37.5 Å². The first-order valence-corrected chi connectivity index (χ1v) is 7.26. The maximum atomic E-state index is 6.05. The lowest BCUT2D eigenvalue weighted by Gasteiger charge is -2.39. The summed E-state index contributed by atoms with van der Waals surface area (Å²) in [5.74, 6) is 1.39. The van der Waals surface area contributed by atoms with E-state index in [-0.39, 0.29) is 0 Å². The Morgan fingerprint density at radius 2 is 2.06 bits per heavy atom. The molecule has 1 saturated heterocycles. The molecule has 1 saturated carbocycles. The van der Waals surface area contributed by atoms with Crippen molar-refractivity contribution in [3.8, 4) is 0 Å². The highest BCUT2D eigenvalue weighted by atomic mass is 16.5. The van der Waals surface area contributed by atoms with Crippen molar-refractivity contribution in [3.05, 3.63) is 0 Å². The largest absolute Gasteiger partial charge is 0.381 e. The second-order valence-corrected chi connectivity index (χ2v) is 6.10. The van der Waals surface area contributed by atoms with Gasteiger partial charge in [-0.3, -0.25) is 4.90 Å². The van der Waals surface area contributed by atoms with Gasteiger partial charge in [0.2, 0.25) is 0 Å². The maximum absolute atomic E-state index is 6.05. The zero-order valence-electron chi connectivity index (χ0n) is 11.4. The van der Waals surface area contributed by atoms with E-state index in [1.807, 2.05) is 0 Å². The molecule has 100 valence electrons. The molecule has 0 spiro atoms. The van der Waals surface area contributed by atoms with Gasteiger partial charge < -0.3 is 10.5 Å². The molecule has 0 radical (unpaired) electrons. The van der Waals surface area contributed by atoms with Gasteiger partial charge in [0.05, 0.1) is 6.61 Å². The van der Waals surface area contributed by atoms with Gasteiger partial charge in [0.25, 0.3) is 0 Å². The van der Waals surface area contributed by atoms with Crippen LogP contribution < -0.4 is 5.73 Å².